The van der Waals surface area contributed by atoms with Crippen LogP contribution in [0.5, 0.6) is 0 Å². The molecule has 0 saturated carbocycles. The largest absolute Gasteiger partial charge is 0.393 e. The van der Waals surface area contributed by atoms with E-state index in [9.17, 15) is 15.3 Å². The average molecular weight is 332 g/mol. The first-order valence-corrected chi connectivity index (χ1v) is 8.40. The molecule has 0 spiro atoms. The van der Waals surface area contributed by atoms with Crippen molar-refractivity contribution in [3.05, 3.63) is 0 Å². The molecule has 0 radical (unpaired) electrons. The summed E-state index contributed by atoms with van der Waals surface area (Å²) in [6.07, 6.45) is 1.46. The summed E-state index contributed by atoms with van der Waals surface area (Å²) in [5, 5.41) is 32.1. The lowest BCUT2D eigenvalue weighted by Crippen LogP contribution is -2.87. The van der Waals surface area contributed by atoms with Crippen molar-refractivity contribution < 1.29 is 29.5 Å². The molecule has 2 fully saturated rings. The van der Waals surface area contributed by atoms with Crippen LogP contribution in [0.4, 0.5) is 0 Å². The fourth-order valence-electron chi connectivity index (χ4n) is 3.94. The molecule has 23 heavy (non-hydrogen) atoms. The van der Waals surface area contributed by atoms with Crippen molar-refractivity contribution in [2.45, 2.75) is 95.1 Å². The first-order chi connectivity index (χ1) is 10.3. The Morgan fingerprint density at radius 2 is 1.39 bits per heavy atom. The van der Waals surface area contributed by atoms with Crippen molar-refractivity contribution in [3.8, 4) is 0 Å². The lowest BCUT2D eigenvalue weighted by Gasteiger charge is -2.69. The summed E-state index contributed by atoms with van der Waals surface area (Å²) >= 11 is 0. The Balaban J connectivity index is 2.60. The molecule has 0 aromatic carbocycles. The van der Waals surface area contributed by atoms with Gasteiger partial charge in [-0.25, -0.2) is 0 Å². The summed E-state index contributed by atoms with van der Waals surface area (Å²) in [7, 11) is 0. The molecular weight excluding hydrogens is 300 g/mol. The second kappa shape index (κ2) is 5.13. The minimum absolute atomic E-state index is 0.303. The van der Waals surface area contributed by atoms with Gasteiger partial charge in [0.25, 0.3) is 0 Å². The van der Waals surface area contributed by atoms with Crippen LogP contribution in [-0.2, 0) is 14.2 Å². The van der Waals surface area contributed by atoms with E-state index in [4.69, 9.17) is 14.2 Å². The van der Waals surface area contributed by atoms with Crippen LogP contribution in [0.2, 0.25) is 0 Å². The smallest absolute Gasteiger partial charge is 0.198 e. The second-order valence-electron chi connectivity index (χ2n) is 7.90. The van der Waals surface area contributed by atoms with Gasteiger partial charge in [0.2, 0.25) is 0 Å². The highest BCUT2D eigenvalue weighted by atomic mass is 16.8. The molecule has 0 aliphatic carbocycles. The highest BCUT2D eigenvalue weighted by Gasteiger charge is 2.77. The van der Waals surface area contributed by atoms with Crippen LogP contribution in [-0.4, -0.2) is 62.3 Å². The lowest BCUT2D eigenvalue weighted by atomic mass is 9.60. The fourth-order valence-corrected chi connectivity index (χ4v) is 3.94. The number of aliphatic hydroxyl groups excluding tert-OH is 1. The maximum Gasteiger partial charge on any atom is 0.198 e. The van der Waals surface area contributed by atoms with Crippen LogP contribution in [0.15, 0.2) is 0 Å². The van der Waals surface area contributed by atoms with Crippen LogP contribution in [0.3, 0.4) is 0 Å². The highest BCUT2D eigenvalue weighted by Crippen LogP contribution is 2.58. The van der Waals surface area contributed by atoms with Gasteiger partial charge in [0.05, 0.1) is 18.8 Å². The van der Waals surface area contributed by atoms with E-state index in [1.807, 2.05) is 13.8 Å². The van der Waals surface area contributed by atoms with Gasteiger partial charge in [0, 0.05) is 0 Å². The van der Waals surface area contributed by atoms with E-state index < -0.39 is 40.4 Å². The van der Waals surface area contributed by atoms with E-state index in [1.54, 1.807) is 20.8 Å². The zero-order chi connectivity index (χ0) is 17.9. The summed E-state index contributed by atoms with van der Waals surface area (Å²) < 4.78 is 18.6. The van der Waals surface area contributed by atoms with Crippen LogP contribution < -0.4 is 0 Å². The van der Waals surface area contributed by atoms with E-state index in [1.165, 1.54) is 13.8 Å². The van der Waals surface area contributed by atoms with Crippen LogP contribution in [0.1, 0.15) is 61.3 Å². The number of fused-ring (bicyclic) bond motifs is 1. The Hall–Kier alpha value is -0.240. The molecule has 0 bridgehead atoms. The van der Waals surface area contributed by atoms with E-state index in [0.717, 1.165) is 12.8 Å². The Bertz CT molecular complexity index is 472. The number of ether oxygens (including phenoxy) is 3. The van der Waals surface area contributed by atoms with Gasteiger partial charge in [-0.3, -0.25) is 0 Å². The van der Waals surface area contributed by atoms with E-state index >= 15 is 0 Å². The van der Waals surface area contributed by atoms with Crippen molar-refractivity contribution >= 4 is 0 Å². The zero-order valence-corrected chi connectivity index (χ0v) is 15.4. The first-order valence-electron chi connectivity index (χ1n) is 8.40. The van der Waals surface area contributed by atoms with Gasteiger partial charge >= 0.3 is 0 Å². The molecule has 5 atom stereocenters. The zero-order valence-electron chi connectivity index (χ0n) is 15.4. The van der Waals surface area contributed by atoms with E-state index in [-0.39, 0.29) is 0 Å². The van der Waals surface area contributed by atoms with Gasteiger partial charge < -0.3 is 29.5 Å². The predicted molar refractivity (Wildman–Crippen MR) is 85.0 cm³/mol. The lowest BCUT2D eigenvalue weighted by molar-refractivity contribution is -0.503. The summed E-state index contributed by atoms with van der Waals surface area (Å²) in [5.41, 5.74) is -6.68. The van der Waals surface area contributed by atoms with Crippen LogP contribution in [0.25, 0.3) is 0 Å². The number of rotatable bonds is 3. The molecule has 0 aromatic rings. The van der Waals surface area contributed by atoms with Crippen molar-refractivity contribution in [1.82, 2.24) is 0 Å². The van der Waals surface area contributed by atoms with Crippen LogP contribution >= 0.6 is 0 Å². The van der Waals surface area contributed by atoms with Gasteiger partial charge in [0.1, 0.15) is 22.4 Å². The third kappa shape index (κ3) is 2.09. The number of hydrogen-bond acceptors (Lipinski definition) is 6. The summed E-state index contributed by atoms with van der Waals surface area (Å²) in [5.74, 6) is -1.32. The maximum atomic E-state index is 11.3. The topological polar surface area (TPSA) is 88.4 Å². The molecule has 136 valence electrons. The minimum Gasteiger partial charge on any atom is -0.393 e. The highest BCUT2D eigenvalue weighted by molar-refractivity contribution is 5.23. The van der Waals surface area contributed by atoms with Crippen molar-refractivity contribution in [2.24, 2.45) is 0 Å². The fraction of sp³-hybridized carbons (Fsp3) is 1.00. The Labute approximate surface area is 138 Å². The molecule has 2 rings (SSSR count). The van der Waals surface area contributed by atoms with Crippen molar-refractivity contribution in [2.75, 3.05) is 13.2 Å². The molecule has 6 heteroatoms. The van der Waals surface area contributed by atoms with Gasteiger partial charge in [-0.2, -0.15) is 0 Å². The Morgan fingerprint density at radius 1 is 0.870 bits per heavy atom. The standard InChI is InChI=1S/C17H32O6/c1-8-17(9-2)11-21-15(6)14(5,20)13(4,19)12(3,10-18)22-16(15,7)23-17/h18-20H,8-11H2,1-7H3. The maximum absolute atomic E-state index is 11.3. The molecular formula is C17H32O6. The summed E-state index contributed by atoms with van der Waals surface area (Å²) in [6, 6.07) is 0. The Kier molecular flexibility index (Phi) is 4.26. The van der Waals surface area contributed by atoms with Gasteiger partial charge in [-0.15, -0.1) is 0 Å². The molecule has 0 aromatic heterocycles. The third-order valence-electron chi connectivity index (χ3n) is 6.82. The molecule has 2 aliphatic heterocycles. The predicted octanol–water partition coefficient (Wildman–Crippen LogP) is 1.35. The van der Waals surface area contributed by atoms with Gasteiger partial charge in [-0.1, -0.05) is 13.8 Å². The SMILES string of the molecule is CCC1(CC)COC2(C)C(C)(O1)OC(C)(CO)C(C)(O)C2(C)O. The third-order valence-corrected chi connectivity index (χ3v) is 6.82. The van der Waals surface area contributed by atoms with E-state index in [0.29, 0.717) is 6.61 Å². The first kappa shape index (κ1) is 19.1. The normalized spacial score (nSPS) is 53.0. The molecule has 3 N–H and O–H groups in total. The molecule has 0 amide bonds. The van der Waals surface area contributed by atoms with Gasteiger partial charge in [0.15, 0.2) is 5.79 Å². The number of aliphatic hydroxyl groups is 3. The van der Waals surface area contributed by atoms with Gasteiger partial charge in [-0.05, 0) is 47.5 Å². The molecule has 2 saturated heterocycles. The van der Waals surface area contributed by atoms with Crippen molar-refractivity contribution in [1.29, 1.82) is 0 Å². The second-order valence-corrected chi connectivity index (χ2v) is 7.90. The van der Waals surface area contributed by atoms with E-state index in [2.05, 4.69) is 0 Å². The number of hydrogen-bond donors (Lipinski definition) is 3. The molecule has 5 unspecified atom stereocenters. The molecule has 2 heterocycles. The van der Waals surface area contributed by atoms with Crippen LogP contribution in [0, 0.1) is 0 Å². The molecule has 2 aliphatic rings. The minimum atomic E-state index is -1.75. The monoisotopic (exact) mass is 332 g/mol. The average Bonchev–Trinajstić information content (AvgIpc) is 2.48. The summed E-state index contributed by atoms with van der Waals surface area (Å²) in [4.78, 5) is 0. The van der Waals surface area contributed by atoms with Crippen molar-refractivity contribution in [3.63, 3.8) is 0 Å². The Morgan fingerprint density at radius 3 is 1.83 bits per heavy atom. The quantitative estimate of drug-likeness (QED) is 0.723. The molecule has 6 nitrogen and oxygen atoms in total. The summed E-state index contributed by atoms with van der Waals surface area (Å²) in [6.45, 7) is 11.8.